The molecule has 2 aliphatic rings. The fourth-order valence-electron chi connectivity index (χ4n) is 3.88. The molecule has 1 aromatic carbocycles. The van der Waals surface area contributed by atoms with E-state index in [9.17, 15) is 9.59 Å². The second kappa shape index (κ2) is 7.68. The molecule has 0 bridgehead atoms. The molecule has 1 unspecified atom stereocenters. The summed E-state index contributed by atoms with van der Waals surface area (Å²) in [5.41, 5.74) is 0.869. The van der Waals surface area contributed by atoms with Gasteiger partial charge in [0.25, 0.3) is 0 Å². The fourth-order valence-corrected chi connectivity index (χ4v) is 3.88. The van der Waals surface area contributed by atoms with Crippen LogP contribution in [0, 0.1) is 11.3 Å². The van der Waals surface area contributed by atoms with E-state index in [2.05, 4.69) is 17.1 Å². The summed E-state index contributed by atoms with van der Waals surface area (Å²) in [6.07, 6.45) is 4.65. The summed E-state index contributed by atoms with van der Waals surface area (Å²) in [6.45, 7) is 9.31. The van der Waals surface area contributed by atoms with Gasteiger partial charge in [-0.05, 0) is 69.7 Å². The van der Waals surface area contributed by atoms with Crippen molar-refractivity contribution in [3.05, 3.63) is 24.3 Å². The molecule has 0 aromatic heterocycles. The SMILES string of the molecule is CC1CCCN(C(=O)C(C)(C)C(=O)Nc2ccc(N3CCCC3)cc2)C1. The van der Waals surface area contributed by atoms with Crippen LogP contribution >= 0.6 is 0 Å². The average molecular weight is 357 g/mol. The third-order valence-electron chi connectivity index (χ3n) is 5.64. The van der Waals surface area contributed by atoms with Gasteiger partial charge in [0.2, 0.25) is 11.8 Å². The summed E-state index contributed by atoms with van der Waals surface area (Å²) in [5, 5.41) is 2.93. The van der Waals surface area contributed by atoms with Crippen LogP contribution in [-0.2, 0) is 9.59 Å². The molecule has 2 aliphatic heterocycles. The minimum atomic E-state index is -1.06. The van der Waals surface area contributed by atoms with Gasteiger partial charge >= 0.3 is 0 Å². The summed E-state index contributed by atoms with van der Waals surface area (Å²) >= 11 is 0. The van der Waals surface area contributed by atoms with Crippen molar-refractivity contribution < 1.29 is 9.59 Å². The Labute approximate surface area is 156 Å². The normalized spacial score (nSPS) is 21.0. The van der Waals surface area contributed by atoms with E-state index >= 15 is 0 Å². The van der Waals surface area contributed by atoms with Crippen molar-refractivity contribution >= 4 is 23.2 Å². The Bertz CT molecular complexity index is 648. The standard InChI is InChI=1S/C21H31N3O2/c1-16-7-6-14-24(15-16)20(26)21(2,3)19(25)22-17-8-10-18(11-9-17)23-12-4-5-13-23/h8-11,16H,4-7,12-15H2,1-3H3,(H,22,25). The Hall–Kier alpha value is -2.04. The molecular formula is C21H31N3O2. The van der Waals surface area contributed by atoms with E-state index in [0.29, 0.717) is 5.92 Å². The van der Waals surface area contributed by atoms with Gasteiger partial charge < -0.3 is 15.1 Å². The van der Waals surface area contributed by atoms with Crippen LogP contribution < -0.4 is 10.2 Å². The molecule has 3 rings (SSSR count). The lowest BCUT2D eigenvalue weighted by atomic mass is 9.88. The first-order chi connectivity index (χ1) is 12.4. The number of benzene rings is 1. The highest BCUT2D eigenvalue weighted by molar-refractivity contribution is 6.09. The van der Waals surface area contributed by atoms with Gasteiger partial charge in [0.05, 0.1) is 0 Å². The number of amides is 2. The Morgan fingerprint density at radius 3 is 2.31 bits per heavy atom. The molecule has 0 aliphatic carbocycles. The number of nitrogens with one attached hydrogen (secondary N) is 1. The zero-order chi connectivity index (χ0) is 18.7. The zero-order valence-electron chi connectivity index (χ0n) is 16.3. The number of piperidine rings is 1. The first-order valence-electron chi connectivity index (χ1n) is 9.84. The predicted molar refractivity (Wildman–Crippen MR) is 105 cm³/mol. The third kappa shape index (κ3) is 4.02. The van der Waals surface area contributed by atoms with Crippen LogP contribution in [0.5, 0.6) is 0 Å². The number of rotatable bonds is 4. The van der Waals surface area contributed by atoms with Crippen LogP contribution in [-0.4, -0.2) is 42.9 Å². The van der Waals surface area contributed by atoms with Crippen LogP contribution in [0.25, 0.3) is 0 Å². The van der Waals surface area contributed by atoms with E-state index in [0.717, 1.165) is 44.7 Å². The molecule has 0 radical (unpaired) electrons. The molecule has 0 spiro atoms. The van der Waals surface area contributed by atoms with Crippen molar-refractivity contribution in [3.8, 4) is 0 Å². The van der Waals surface area contributed by atoms with Gasteiger partial charge in [0.15, 0.2) is 0 Å². The molecular weight excluding hydrogens is 326 g/mol. The number of hydrogen-bond acceptors (Lipinski definition) is 3. The van der Waals surface area contributed by atoms with Crippen molar-refractivity contribution in [2.75, 3.05) is 36.4 Å². The Kier molecular flexibility index (Phi) is 5.54. The lowest BCUT2D eigenvalue weighted by Crippen LogP contribution is -2.50. The van der Waals surface area contributed by atoms with Gasteiger partial charge in [-0.2, -0.15) is 0 Å². The summed E-state index contributed by atoms with van der Waals surface area (Å²) in [6, 6.07) is 7.94. The highest BCUT2D eigenvalue weighted by atomic mass is 16.2. The lowest BCUT2D eigenvalue weighted by molar-refractivity contribution is -0.147. The first-order valence-corrected chi connectivity index (χ1v) is 9.84. The highest BCUT2D eigenvalue weighted by Crippen LogP contribution is 2.27. The van der Waals surface area contributed by atoms with E-state index in [1.165, 1.54) is 18.5 Å². The molecule has 2 heterocycles. The predicted octanol–water partition coefficient (Wildman–Crippen LogP) is 3.51. The van der Waals surface area contributed by atoms with E-state index in [4.69, 9.17) is 0 Å². The average Bonchev–Trinajstić information content (AvgIpc) is 3.16. The highest BCUT2D eigenvalue weighted by Gasteiger charge is 2.40. The molecule has 2 fully saturated rings. The Morgan fingerprint density at radius 2 is 1.69 bits per heavy atom. The van der Waals surface area contributed by atoms with Crippen molar-refractivity contribution in [1.29, 1.82) is 0 Å². The molecule has 142 valence electrons. The molecule has 2 amide bonds. The number of anilines is 2. The number of likely N-dealkylation sites (tertiary alicyclic amines) is 1. The number of carbonyl (C=O) groups excluding carboxylic acids is 2. The second-order valence-corrected chi connectivity index (χ2v) is 8.32. The van der Waals surface area contributed by atoms with Crippen molar-refractivity contribution in [3.63, 3.8) is 0 Å². The molecule has 0 saturated carbocycles. The van der Waals surface area contributed by atoms with Gasteiger partial charge in [-0.3, -0.25) is 9.59 Å². The maximum Gasteiger partial charge on any atom is 0.239 e. The van der Waals surface area contributed by atoms with Crippen molar-refractivity contribution in [2.45, 2.75) is 46.5 Å². The maximum atomic E-state index is 12.9. The van der Waals surface area contributed by atoms with Crippen LogP contribution in [0.15, 0.2) is 24.3 Å². The maximum absolute atomic E-state index is 12.9. The lowest BCUT2D eigenvalue weighted by Gasteiger charge is -2.36. The Balaban J connectivity index is 1.63. The quantitative estimate of drug-likeness (QED) is 0.839. The van der Waals surface area contributed by atoms with Crippen LogP contribution in [0.2, 0.25) is 0 Å². The van der Waals surface area contributed by atoms with Gasteiger partial charge in [0, 0.05) is 37.6 Å². The second-order valence-electron chi connectivity index (χ2n) is 8.32. The van der Waals surface area contributed by atoms with E-state index < -0.39 is 5.41 Å². The molecule has 26 heavy (non-hydrogen) atoms. The van der Waals surface area contributed by atoms with E-state index in [1.54, 1.807) is 13.8 Å². The van der Waals surface area contributed by atoms with Crippen molar-refractivity contribution in [2.24, 2.45) is 11.3 Å². The van der Waals surface area contributed by atoms with Crippen LogP contribution in [0.3, 0.4) is 0 Å². The summed E-state index contributed by atoms with van der Waals surface area (Å²) in [7, 11) is 0. The first kappa shape index (κ1) is 18.7. The van der Waals surface area contributed by atoms with Gasteiger partial charge in [0.1, 0.15) is 5.41 Å². The number of carbonyl (C=O) groups is 2. The smallest absolute Gasteiger partial charge is 0.239 e. The molecule has 1 atom stereocenters. The monoisotopic (exact) mass is 357 g/mol. The van der Waals surface area contributed by atoms with Gasteiger partial charge in [-0.25, -0.2) is 0 Å². The summed E-state index contributed by atoms with van der Waals surface area (Å²) in [5.74, 6) is 0.189. The minimum Gasteiger partial charge on any atom is -0.372 e. The van der Waals surface area contributed by atoms with Crippen molar-refractivity contribution in [1.82, 2.24) is 4.90 Å². The molecule has 5 nitrogen and oxygen atoms in total. The molecule has 1 aromatic rings. The fraction of sp³-hybridized carbons (Fsp3) is 0.619. The molecule has 5 heteroatoms. The summed E-state index contributed by atoms with van der Waals surface area (Å²) in [4.78, 5) is 29.9. The molecule has 2 saturated heterocycles. The van der Waals surface area contributed by atoms with E-state index in [1.807, 2.05) is 29.2 Å². The third-order valence-corrected chi connectivity index (χ3v) is 5.64. The van der Waals surface area contributed by atoms with Gasteiger partial charge in [-0.1, -0.05) is 6.92 Å². The number of nitrogens with zero attached hydrogens (tertiary/aromatic N) is 2. The largest absolute Gasteiger partial charge is 0.372 e. The summed E-state index contributed by atoms with van der Waals surface area (Å²) < 4.78 is 0. The van der Waals surface area contributed by atoms with Crippen LogP contribution in [0.1, 0.15) is 46.5 Å². The zero-order valence-corrected chi connectivity index (χ0v) is 16.3. The van der Waals surface area contributed by atoms with E-state index in [-0.39, 0.29) is 11.8 Å². The van der Waals surface area contributed by atoms with Crippen LogP contribution in [0.4, 0.5) is 11.4 Å². The molecule has 1 N–H and O–H groups in total. The number of hydrogen-bond donors (Lipinski definition) is 1. The topological polar surface area (TPSA) is 52.7 Å². The minimum absolute atomic E-state index is 0.0739. The Morgan fingerprint density at radius 1 is 1.04 bits per heavy atom. The van der Waals surface area contributed by atoms with Gasteiger partial charge in [-0.15, -0.1) is 0 Å².